The molecule has 4 atom stereocenters. The van der Waals surface area contributed by atoms with E-state index in [1.165, 1.54) is 0 Å². The van der Waals surface area contributed by atoms with Gasteiger partial charge >= 0.3 is 0 Å². The lowest BCUT2D eigenvalue weighted by Gasteiger charge is -2.55. The molecule has 0 aromatic carbocycles. The summed E-state index contributed by atoms with van der Waals surface area (Å²) in [5, 5.41) is 0. The van der Waals surface area contributed by atoms with E-state index in [0.29, 0.717) is 31.6 Å². The number of rotatable bonds is 12. The van der Waals surface area contributed by atoms with E-state index in [0.717, 1.165) is 25.7 Å². The minimum absolute atomic E-state index is 0.125. The molecule has 37 heavy (non-hydrogen) atoms. The highest BCUT2D eigenvalue weighted by atomic mass is 14.5. The topological polar surface area (TPSA) is 0 Å². The minimum atomic E-state index is -0.165. The van der Waals surface area contributed by atoms with Crippen LogP contribution in [-0.4, -0.2) is 0 Å². The van der Waals surface area contributed by atoms with Gasteiger partial charge in [0.05, 0.1) is 0 Å². The van der Waals surface area contributed by atoms with Crippen LogP contribution in [0.25, 0.3) is 0 Å². The second kappa shape index (κ2) is 20.9. The van der Waals surface area contributed by atoms with Crippen molar-refractivity contribution in [1.29, 1.82) is 0 Å². The standard InChI is InChI=1S/C37H36/c1-9-17-21-23-27-30-35(16-8)37(33(13-5)14-6,34(15-7)29-25-19-11-3)36(31-26-20-12-4)32-28-24-22-18-10-2/h1-4,33-36H,13-16,29-32H2,5-8H3. The Bertz CT molecular complexity index is 1270. The highest BCUT2D eigenvalue weighted by Gasteiger charge is 2.52. The van der Waals surface area contributed by atoms with Crippen molar-refractivity contribution in [3.8, 4) is 120 Å². The molecular formula is C37H36. The van der Waals surface area contributed by atoms with Gasteiger partial charge in [-0.3, -0.25) is 0 Å². The van der Waals surface area contributed by atoms with Gasteiger partial charge in [-0.1, -0.05) is 77.1 Å². The molecule has 0 fully saturated rings. The molecule has 0 amide bonds. The van der Waals surface area contributed by atoms with Crippen LogP contribution in [0.1, 0.15) is 79.1 Å². The van der Waals surface area contributed by atoms with Gasteiger partial charge in [0.1, 0.15) is 0 Å². The molecule has 0 radical (unpaired) electrons. The van der Waals surface area contributed by atoms with Crippen molar-refractivity contribution >= 4 is 0 Å². The van der Waals surface area contributed by atoms with E-state index in [9.17, 15) is 0 Å². The highest BCUT2D eigenvalue weighted by Crippen LogP contribution is 2.57. The summed E-state index contributed by atoms with van der Waals surface area (Å²) in [5.41, 5.74) is -0.165. The molecule has 0 rings (SSSR count). The number of hydrogen-bond donors (Lipinski definition) is 0. The zero-order valence-corrected chi connectivity index (χ0v) is 22.8. The molecule has 0 spiro atoms. The van der Waals surface area contributed by atoms with Crippen LogP contribution in [0.4, 0.5) is 0 Å². The van der Waals surface area contributed by atoms with Gasteiger partial charge in [-0.2, -0.15) is 0 Å². The van der Waals surface area contributed by atoms with E-state index in [1.807, 2.05) is 0 Å². The normalized spacial score (nSPS) is 12.5. The molecule has 0 heterocycles. The quantitative estimate of drug-likeness (QED) is 0.292. The van der Waals surface area contributed by atoms with Crippen molar-refractivity contribution in [3.05, 3.63) is 0 Å². The smallest absolute Gasteiger partial charge is 0.0142 e. The van der Waals surface area contributed by atoms with Gasteiger partial charge in [0.2, 0.25) is 0 Å². The fraction of sp³-hybridized carbons (Fsp3) is 0.459. The van der Waals surface area contributed by atoms with E-state index in [2.05, 4.69) is 122 Å². The van der Waals surface area contributed by atoms with Crippen LogP contribution in [0.15, 0.2) is 0 Å². The fourth-order valence-corrected chi connectivity index (χ4v) is 5.79. The van der Waals surface area contributed by atoms with E-state index in [1.54, 1.807) is 0 Å². The van der Waals surface area contributed by atoms with E-state index >= 15 is 0 Å². The molecule has 0 bridgehead atoms. The van der Waals surface area contributed by atoms with Crippen LogP contribution in [-0.2, 0) is 0 Å². The lowest BCUT2D eigenvalue weighted by Crippen LogP contribution is -2.49. The summed E-state index contributed by atoms with van der Waals surface area (Å²) in [6, 6.07) is 0. The third kappa shape index (κ3) is 10.4. The zero-order chi connectivity index (χ0) is 27.8. The average molecular weight is 481 g/mol. The van der Waals surface area contributed by atoms with Gasteiger partial charge in [0.25, 0.3) is 0 Å². The lowest BCUT2D eigenvalue weighted by atomic mass is 9.49. The predicted octanol–water partition coefficient (Wildman–Crippen LogP) is 6.19. The minimum Gasteiger partial charge on any atom is -0.106 e. The molecular weight excluding hydrogens is 444 g/mol. The molecule has 0 heteroatoms. The Kier molecular flexibility index (Phi) is 18.4. The molecule has 184 valence electrons. The Balaban J connectivity index is 7.34. The van der Waals surface area contributed by atoms with Gasteiger partial charge in [0, 0.05) is 25.7 Å². The van der Waals surface area contributed by atoms with E-state index in [4.69, 9.17) is 25.7 Å². The van der Waals surface area contributed by atoms with Gasteiger partial charge in [-0.05, 0) is 100 Å². The van der Waals surface area contributed by atoms with E-state index in [-0.39, 0.29) is 23.2 Å². The molecule has 0 nitrogen and oxygen atoms in total. The van der Waals surface area contributed by atoms with Gasteiger partial charge in [-0.25, -0.2) is 0 Å². The Morgan fingerprint density at radius 2 is 0.730 bits per heavy atom. The maximum absolute atomic E-state index is 5.48. The summed E-state index contributed by atoms with van der Waals surface area (Å²) in [6.45, 7) is 8.97. The van der Waals surface area contributed by atoms with Crippen LogP contribution < -0.4 is 0 Å². The monoisotopic (exact) mass is 480 g/mol. The van der Waals surface area contributed by atoms with Crippen molar-refractivity contribution in [2.45, 2.75) is 79.1 Å². The first-order chi connectivity index (χ1) is 18.1. The molecule has 0 aromatic heterocycles. The summed E-state index contributed by atoms with van der Waals surface area (Å²) in [4.78, 5) is 0. The van der Waals surface area contributed by atoms with Crippen molar-refractivity contribution in [3.63, 3.8) is 0 Å². The molecule has 0 aliphatic rings. The average Bonchev–Trinajstić information content (AvgIpc) is 2.91. The maximum Gasteiger partial charge on any atom is 0.0142 e. The highest BCUT2D eigenvalue weighted by molar-refractivity contribution is 5.35. The molecule has 0 N–H and O–H groups in total. The van der Waals surface area contributed by atoms with Crippen LogP contribution in [0.3, 0.4) is 0 Å². The third-order valence-corrected chi connectivity index (χ3v) is 7.09. The lowest BCUT2D eigenvalue weighted by molar-refractivity contribution is -0.0614. The Morgan fingerprint density at radius 3 is 1.05 bits per heavy atom. The molecule has 0 aromatic rings. The summed E-state index contributed by atoms with van der Waals surface area (Å²) in [7, 11) is 0. The Hall–Kier alpha value is -4.40. The summed E-state index contributed by atoms with van der Waals surface area (Å²) in [5.74, 6) is 45.8. The van der Waals surface area contributed by atoms with Gasteiger partial charge in [-0.15, -0.1) is 25.7 Å². The van der Waals surface area contributed by atoms with Crippen molar-refractivity contribution < 1.29 is 0 Å². The first kappa shape index (κ1) is 32.6. The summed E-state index contributed by atoms with van der Waals surface area (Å²) < 4.78 is 0. The van der Waals surface area contributed by atoms with Crippen molar-refractivity contribution in [1.82, 2.24) is 0 Å². The second-order valence-electron chi connectivity index (χ2n) is 8.52. The van der Waals surface area contributed by atoms with Crippen molar-refractivity contribution in [2.75, 3.05) is 0 Å². The van der Waals surface area contributed by atoms with Crippen LogP contribution in [0.5, 0.6) is 0 Å². The van der Waals surface area contributed by atoms with Crippen molar-refractivity contribution in [2.24, 2.45) is 29.1 Å². The fourth-order valence-electron chi connectivity index (χ4n) is 5.79. The second-order valence-corrected chi connectivity index (χ2v) is 8.52. The maximum atomic E-state index is 5.48. The summed E-state index contributed by atoms with van der Waals surface area (Å²) >= 11 is 0. The van der Waals surface area contributed by atoms with Crippen LogP contribution in [0.2, 0.25) is 0 Å². The molecule has 4 unspecified atom stereocenters. The third-order valence-electron chi connectivity index (χ3n) is 7.09. The van der Waals surface area contributed by atoms with Crippen LogP contribution in [0, 0.1) is 150 Å². The summed E-state index contributed by atoms with van der Waals surface area (Å²) in [6.07, 6.45) is 28.0. The SMILES string of the molecule is C#CC#CC#CCC(CC)C(C(CC)CC)(C(CC)CC#CC#C)C(CC#CC#C)CC#CC#CC#C. The predicted molar refractivity (Wildman–Crippen MR) is 158 cm³/mol. The number of hydrogen-bond acceptors (Lipinski definition) is 0. The zero-order valence-electron chi connectivity index (χ0n) is 22.8. The Labute approximate surface area is 228 Å². The number of terminal acetylenes is 4. The van der Waals surface area contributed by atoms with Crippen LogP contribution >= 0.6 is 0 Å². The first-order valence-electron chi connectivity index (χ1n) is 12.8. The largest absolute Gasteiger partial charge is 0.106 e. The van der Waals surface area contributed by atoms with Gasteiger partial charge < -0.3 is 0 Å². The molecule has 0 saturated carbocycles. The first-order valence-corrected chi connectivity index (χ1v) is 12.8. The molecule has 0 aliphatic heterocycles. The Morgan fingerprint density at radius 1 is 0.405 bits per heavy atom. The molecule has 0 aliphatic carbocycles. The van der Waals surface area contributed by atoms with Gasteiger partial charge in [0.15, 0.2) is 0 Å². The van der Waals surface area contributed by atoms with E-state index < -0.39 is 0 Å². The molecule has 0 saturated heterocycles.